The summed E-state index contributed by atoms with van der Waals surface area (Å²) in [4.78, 5) is 0. The highest BCUT2D eigenvalue weighted by Crippen LogP contribution is 2.34. The largest absolute Gasteiger partial charge is 0.215 e. The Balaban J connectivity index is 0.000000197. The third-order valence-electron chi connectivity index (χ3n) is 20.9. The highest BCUT2D eigenvalue weighted by Gasteiger charge is 2.25. The average Bonchev–Trinajstić information content (AvgIpc) is 0.791. The highest BCUT2D eigenvalue weighted by molar-refractivity contribution is 5.70. The first-order valence-corrected chi connectivity index (χ1v) is 37.0. The van der Waals surface area contributed by atoms with Gasteiger partial charge in [0.2, 0.25) is 28.5 Å². The molecule has 10 rings (SSSR count). The molecule has 0 spiro atoms. The zero-order chi connectivity index (χ0) is 74.7. The van der Waals surface area contributed by atoms with Crippen molar-refractivity contribution in [3.63, 3.8) is 0 Å². The van der Waals surface area contributed by atoms with E-state index in [0.29, 0.717) is 23.2 Å². The Morgan fingerprint density at radius 1 is 0.310 bits per heavy atom. The molecule has 0 saturated heterocycles. The summed E-state index contributed by atoms with van der Waals surface area (Å²) >= 11 is 0. The van der Waals surface area contributed by atoms with Gasteiger partial charge in [0.25, 0.3) is 0 Å². The quantitative estimate of drug-likeness (QED) is 0.115. The van der Waals surface area contributed by atoms with Crippen molar-refractivity contribution >= 4 is 0 Å². The van der Waals surface area contributed by atoms with Gasteiger partial charge in [-0.3, -0.25) is 0 Å². The van der Waals surface area contributed by atoms with Crippen LogP contribution in [0.1, 0.15) is 213 Å². The molecular formula is C95H130N5+5. The number of hydrogen-bond donors (Lipinski definition) is 0. The van der Waals surface area contributed by atoms with Crippen LogP contribution >= 0.6 is 0 Å². The van der Waals surface area contributed by atoms with Crippen molar-refractivity contribution in [3.05, 3.63) is 264 Å². The van der Waals surface area contributed by atoms with Crippen LogP contribution in [0.3, 0.4) is 0 Å². The first-order chi connectivity index (χ1) is 46.7. The summed E-state index contributed by atoms with van der Waals surface area (Å²) in [6.07, 6.45) is 14.2. The van der Waals surface area contributed by atoms with E-state index in [-0.39, 0.29) is 5.41 Å². The summed E-state index contributed by atoms with van der Waals surface area (Å²) in [5.74, 6) is 1.92. The van der Waals surface area contributed by atoms with Crippen LogP contribution in [0.2, 0.25) is 0 Å². The Morgan fingerprint density at radius 3 is 0.870 bits per heavy atom. The Kier molecular flexibility index (Phi) is 27.9. The molecule has 5 aromatic heterocycles. The van der Waals surface area contributed by atoms with Gasteiger partial charge in [0.1, 0.15) is 35.2 Å². The summed E-state index contributed by atoms with van der Waals surface area (Å²) in [5, 5.41) is 0. The molecule has 100 heavy (non-hydrogen) atoms. The summed E-state index contributed by atoms with van der Waals surface area (Å²) in [5.41, 5.74) is 41.4. The van der Waals surface area contributed by atoms with E-state index in [4.69, 9.17) is 0 Å². The van der Waals surface area contributed by atoms with Crippen LogP contribution in [0.4, 0.5) is 0 Å². The van der Waals surface area contributed by atoms with E-state index >= 15 is 0 Å². The van der Waals surface area contributed by atoms with Gasteiger partial charge >= 0.3 is 0 Å². The summed E-state index contributed by atoms with van der Waals surface area (Å²) in [7, 11) is 10.6. The van der Waals surface area contributed by atoms with Gasteiger partial charge < -0.3 is 0 Å². The molecule has 0 saturated carbocycles. The van der Waals surface area contributed by atoms with E-state index < -0.39 is 0 Å². The molecule has 5 nitrogen and oxygen atoms in total. The fourth-order valence-electron chi connectivity index (χ4n) is 13.8. The van der Waals surface area contributed by atoms with Crippen molar-refractivity contribution in [2.75, 3.05) is 0 Å². The Labute approximate surface area is 609 Å². The van der Waals surface area contributed by atoms with Crippen LogP contribution in [0, 0.1) is 115 Å². The Bertz CT molecular complexity index is 4500. The molecule has 0 aliphatic heterocycles. The van der Waals surface area contributed by atoms with Crippen LogP contribution in [-0.4, -0.2) is 0 Å². The van der Waals surface area contributed by atoms with Crippen LogP contribution < -0.4 is 22.8 Å². The topological polar surface area (TPSA) is 19.4 Å². The van der Waals surface area contributed by atoms with E-state index in [1.165, 1.54) is 174 Å². The van der Waals surface area contributed by atoms with Crippen molar-refractivity contribution in [3.8, 4) is 56.3 Å². The fourth-order valence-corrected chi connectivity index (χ4v) is 13.8. The molecule has 5 heteroatoms. The third-order valence-corrected chi connectivity index (χ3v) is 20.9. The normalized spacial score (nSPS) is 11.7. The smallest absolute Gasteiger partial charge is 0.201 e. The lowest BCUT2D eigenvalue weighted by Gasteiger charge is -2.20. The van der Waals surface area contributed by atoms with E-state index in [9.17, 15) is 0 Å². The lowest BCUT2D eigenvalue weighted by Crippen LogP contribution is -2.32. The predicted octanol–water partition coefficient (Wildman–Crippen LogP) is 22.2. The van der Waals surface area contributed by atoms with Gasteiger partial charge in [-0.1, -0.05) is 144 Å². The lowest BCUT2D eigenvalue weighted by molar-refractivity contribution is -0.660. The summed E-state index contributed by atoms with van der Waals surface area (Å²) in [6.45, 7) is 60.3. The second kappa shape index (κ2) is 34.5. The van der Waals surface area contributed by atoms with Crippen LogP contribution in [0.25, 0.3) is 56.3 Å². The zero-order valence-electron chi connectivity index (χ0n) is 68.5. The molecule has 530 valence electrons. The summed E-state index contributed by atoms with van der Waals surface area (Å²) in [6, 6.07) is 45.4. The SMILES string of the molecule is CCC(C)c1ccc(-c2c(C)c(C)cc[n+]2C)c(C)c1.Cc1cc(C(C)(C)C)ccc1-c1c(C)c(C)cc[n+]1C.Cc1cc(C(C)C)ccc1-c1c(C)c(C)cc[n+]1C.Cc1cc(CC(C)(C)C)ccc1-c1c(C)c(C)cc[n+]1C.Cc1cc(CC(C)C)ccc1-c1c(C)c(C)cc[n+]1C. The molecule has 1 unspecified atom stereocenters. The van der Waals surface area contributed by atoms with E-state index in [2.05, 4.69) is 397 Å². The molecule has 0 aliphatic carbocycles. The maximum atomic E-state index is 2.35. The van der Waals surface area contributed by atoms with Crippen molar-refractivity contribution in [1.29, 1.82) is 0 Å². The van der Waals surface area contributed by atoms with Gasteiger partial charge in [0, 0.05) is 86.0 Å². The van der Waals surface area contributed by atoms with Crippen molar-refractivity contribution in [1.82, 2.24) is 0 Å². The molecule has 0 bridgehead atoms. The Morgan fingerprint density at radius 2 is 0.590 bits per heavy atom. The van der Waals surface area contributed by atoms with Crippen molar-refractivity contribution in [2.45, 2.75) is 223 Å². The second-order valence-electron chi connectivity index (χ2n) is 32.4. The number of aryl methyl sites for hydroxylation is 15. The number of hydrogen-bond acceptors (Lipinski definition) is 0. The number of pyridine rings is 5. The number of benzene rings is 5. The van der Waals surface area contributed by atoms with Gasteiger partial charge in [-0.15, -0.1) is 0 Å². The molecule has 0 radical (unpaired) electrons. The number of nitrogens with zero attached hydrogens (tertiary/aromatic N) is 5. The van der Waals surface area contributed by atoms with E-state index in [1.807, 2.05) is 0 Å². The van der Waals surface area contributed by atoms with Crippen LogP contribution in [0.15, 0.2) is 152 Å². The van der Waals surface area contributed by atoms with Gasteiger partial charge in [-0.05, 0) is 265 Å². The van der Waals surface area contributed by atoms with E-state index in [0.717, 1.165) is 12.8 Å². The van der Waals surface area contributed by atoms with Crippen LogP contribution in [-0.2, 0) is 53.5 Å². The van der Waals surface area contributed by atoms with Gasteiger partial charge in [-0.2, -0.15) is 0 Å². The second-order valence-corrected chi connectivity index (χ2v) is 32.4. The molecule has 5 heterocycles. The standard InChI is InChI=1S/C20H28N.3C19H26N.C18H24N/c1-14-10-11-21(7)19(16(14)3)18-9-8-17(12-15(18)2)13-20(4,5)6;1-13-10-11-20(7)18(15(13)3)17-9-8-16(12-14(17)2)19(4,5)6;1-13(2)11-17-7-8-18(15(4)12-17)19-16(5)14(3)9-10-20(19)6;1-7-13(2)17-8-9-18(15(4)12-17)19-16(5)14(3)10-11-20(19)6;1-12(2)16-7-8-17(14(4)11-16)18-15(5)13(3)9-10-19(18)6/h8-12H,13H2,1-7H3;8-12H,1-7H3;7-10,12-13H,11H2,1-6H3;8-13H,7H2,1-6H3;7-12H,1-6H3/q5*+1. The minimum atomic E-state index is 0.202. The highest BCUT2D eigenvalue weighted by atomic mass is 14.9. The maximum absolute atomic E-state index is 2.35. The van der Waals surface area contributed by atoms with Gasteiger partial charge in [0.15, 0.2) is 31.0 Å². The molecule has 0 fully saturated rings. The van der Waals surface area contributed by atoms with Gasteiger partial charge in [0.05, 0.1) is 0 Å². The zero-order valence-corrected chi connectivity index (χ0v) is 68.5. The van der Waals surface area contributed by atoms with Gasteiger partial charge in [-0.25, -0.2) is 22.8 Å². The Hall–Kier alpha value is -8.15. The van der Waals surface area contributed by atoms with E-state index in [1.54, 1.807) is 0 Å². The fraction of sp³-hybridized carbons (Fsp3) is 0.421. The number of rotatable bonds is 11. The first-order valence-electron chi connectivity index (χ1n) is 37.0. The molecular weight excluding hydrogens is 1210 g/mol. The monoisotopic (exact) mass is 1340 g/mol. The minimum absolute atomic E-state index is 0.202. The van der Waals surface area contributed by atoms with Crippen LogP contribution in [0.5, 0.6) is 0 Å². The predicted molar refractivity (Wildman–Crippen MR) is 430 cm³/mol. The molecule has 0 aliphatic rings. The first kappa shape index (κ1) is 80.8. The summed E-state index contributed by atoms with van der Waals surface area (Å²) < 4.78 is 11.1. The molecule has 0 amide bonds. The molecule has 0 N–H and O–H groups in total. The van der Waals surface area contributed by atoms with Crippen molar-refractivity contribution < 1.29 is 22.8 Å². The minimum Gasteiger partial charge on any atom is -0.201 e. The third kappa shape index (κ3) is 20.3. The van der Waals surface area contributed by atoms with Crippen molar-refractivity contribution in [2.24, 2.45) is 46.6 Å². The number of aromatic nitrogens is 5. The molecule has 1 atom stereocenters. The molecule has 5 aromatic carbocycles. The maximum Gasteiger partial charge on any atom is 0.215 e. The average molecular weight is 1340 g/mol. The lowest BCUT2D eigenvalue weighted by atomic mass is 9.84. The molecule has 10 aromatic rings.